The van der Waals surface area contributed by atoms with Crippen LogP contribution >= 0.6 is 15.6 Å². The van der Waals surface area contributed by atoms with E-state index < -0.39 is 97.5 Å². The first kappa shape index (κ1) is 109. The van der Waals surface area contributed by atoms with Crippen LogP contribution in [0.3, 0.4) is 0 Å². The van der Waals surface area contributed by atoms with Gasteiger partial charge in [0.15, 0.2) is 12.2 Å². The first-order chi connectivity index (χ1) is 53.9. The lowest BCUT2D eigenvalue weighted by molar-refractivity contribution is -0.161. The number of rotatable bonds is 91. The topological polar surface area (TPSA) is 237 Å². The zero-order valence-corrected chi connectivity index (χ0v) is 75.1. The number of hydrogen-bond donors (Lipinski definition) is 3. The third kappa shape index (κ3) is 84.3. The van der Waals surface area contributed by atoms with Gasteiger partial charge in [-0.15, -0.1) is 0 Å². The van der Waals surface area contributed by atoms with Crippen LogP contribution in [0.15, 0.2) is 0 Å². The van der Waals surface area contributed by atoms with E-state index in [2.05, 4.69) is 41.5 Å². The number of hydrogen-bond acceptors (Lipinski definition) is 15. The van der Waals surface area contributed by atoms with Crippen molar-refractivity contribution < 1.29 is 80.2 Å². The van der Waals surface area contributed by atoms with Gasteiger partial charge in [-0.05, 0) is 37.5 Å². The molecule has 0 aliphatic heterocycles. The highest BCUT2D eigenvalue weighted by atomic mass is 31.2. The quantitative estimate of drug-likeness (QED) is 0.0222. The summed E-state index contributed by atoms with van der Waals surface area (Å²) in [6.45, 7) is 9.68. The number of phosphoric ester groups is 2. The molecule has 0 aromatic heterocycles. The first-order valence-corrected chi connectivity index (χ1v) is 50.5. The van der Waals surface area contributed by atoms with Gasteiger partial charge in [0.05, 0.1) is 26.4 Å². The van der Waals surface area contributed by atoms with E-state index in [4.69, 9.17) is 37.0 Å². The fourth-order valence-corrected chi connectivity index (χ4v) is 16.0. The Balaban J connectivity index is 5.21. The van der Waals surface area contributed by atoms with Crippen LogP contribution in [0.2, 0.25) is 0 Å². The summed E-state index contributed by atoms with van der Waals surface area (Å²) in [6.07, 6.45) is 78.1. The van der Waals surface area contributed by atoms with Gasteiger partial charge in [0.1, 0.15) is 19.3 Å². The molecule has 17 nitrogen and oxygen atoms in total. The average molecular weight is 1620 g/mol. The lowest BCUT2D eigenvalue weighted by Gasteiger charge is -2.21. The van der Waals surface area contributed by atoms with Gasteiger partial charge in [0.2, 0.25) is 0 Å². The van der Waals surface area contributed by atoms with Gasteiger partial charge in [-0.3, -0.25) is 37.3 Å². The third-order valence-corrected chi connectivity index (χ3v) is 24.0. The van der Waals surface area contributed by atoms with Crippen molar-refractivity contribution in [3.05, 3.63) is 0 Å². The van der Waals surface area contributed by atoms with Crippen LogP contribution in [0.25, 0.3) is 0 Å². The van der Waals surface area contributed by atoms with Crippen LogP contribution in [-0.2, 0) is 65.4 Å². The van der Waals surface area contributed by atoms with Crippen molar-refractivity contribution in [1.29, 1.82) is 0 Å². The molecule has 6 atom stereocenters. The summed E-state index contributed by atoms with van der Waals surface area (Å²) >= 11 is 0. The number of aliphatic hydroxyl groups is 1. The van der Waals surface area contributed by atoms with Gasteiger partial charge in [-0.25, -0.2) is 9.13 Å². The average Bonchev–Trinajstić information content (AvgIpc) is 0.898. The second-order valence-corrected chi connectivity index (χ2v) is 36.7. The predicted molar refractivity (Wildman–Crippen MR) is 460 cm³/mol. The molecular formula is C92H180O17P2. The van der Waals surface area contributed by atoms with E-state index in [1.54, 1.807) is 0 Å². The molecule has 19 heteroatoms. The summed E-state index contributed by atoms with van der Waals surface area (Å²) in [5.41, 5.74) is 0. The van der Waals surface area contributed by atoms with Crippen molar-refractivity contribution in [3.8, 4) is 0 Å². The van der Waals surface area contributed by atoms with Gasteiger partial charge in [0.25, 0.3) is 0 Å². The van der Waals surface area contributed by atoms with Crippen LogP contribution in [-0.4, -0.2) is 96.7 Å². The van der Waals surface area contributed by atoms with Crippen molar-refractivity contribution in [3.63, 3.8) is 0 Å². The lowest BCUT2D eigenvalue weighted by Crippen LogP contribution is -2.30. The summed E-state index contributed by atoms with van der Waals surface area (Å²) < 4.78 is 69.1. The van der Waals surface area contributed by atoms with E-state index >= 15 is 0 Å². The van der Waals surface area contributed by atoms with Gasteiger partial charge in [-0.2, -0.15) is 0 Å². The summed E-state index contributed by atoms with van der Waals surface area (Å²) in [7, 11) is -9.94. The first-order valence-electron chi connectivity index (χ1n) is 47.5. The van der Waals surface area contributed by atoms with Crippen molar-refractivity contribution in [1.82, 2.24) is 0 Å². The highest BCUT2D eigenvalue weighted by molar-refractivity contribution is 7.47. The maximum Gasteiger partial charge on any atom is 0.472 e. The molecule has 3 N–H and O–H groups in total. The number of unbranched alkanes of at least 4 members (excludes halogenated alkanes) is 60. The van der Waals surface area contributed by atoms with Crippen molar-refractivity contribution in [2.24, 2.45) is 11.8 Å². The molecule has 0 aliphatic carbocycles. The van der Waals surface area contributed by atoms with Crippen molar-refractivity contribution in [2.75, 3.05) is 39.6 Å². The molecule has 0 radical (unpaired) electrons. The Bertz CT molecular complexity index is 2120. The molecule has 0 aliphatic rings. The molecule has 0 saturated heterocycles. The number of carbonyl (C=O) groups is 4. The van der Waals surface area contributed by atoms with E-state index in [1.807, 2.05) is 0 Å². The Morgan fingerprint density at radius 2 is 0.459 bits per heavy atom. The zero-order chi connectivity index (χ0) is 81.3. The molecule has 0 fully saturated rings. The third-order valence-electron chi connectivity index (χ3n) is 22.1. The zero-order valence-electron chi connectivity index (χ0n) is 73.3. The standard InChI is InChI=1S/C92H180O17P2/c1-7-10-12-14-16-18-20-22-24-26-28-30-32-34-36-38-43-47-51-55-62-68-74-89(94)102-80-87(108-91(96)76-70-64-56-52-48-44-39-37-35-33-31-29-27-25-23-21-19-17-15-13-11-8-2)82-106-110(98,99)104-78-86(93)79-105-111(100,101)107-83-88(81-103-90(95)75-69-63-59-58-61-67-73-85(6)9-3)109-92(97)77-71-65-57-53-49-45-41-40-42-46-50-54-60-66-72-84(4)5/h84-88,93H,7-83H2,1-6H3,(H,98,99)(H,100,101)/t85?,86-,87-,88-/m1/s1. The number of ether oxygens (including phenoxy) is 4. The van der Waals surface area contributed by atoms with E-state index in [0.29, 0.717) is 25.7 Å². The molecule has 0 amide bonds. The number of esters is 4. The number of carbonyl (C=O) groups excluding carboxylic acids is 4. The van der Waals surface area contributed by atoms with E-state index in [1.165, 1.54) is 308 Å². The van der Waals surface area contributed by atoms with Crippen molar-refractivity contribution >= 4 is 39.5 Å². The van der Waals surface area contributed by atoms with E-state index in [0.717, 1.165) is 108 Å². The molecule has 0 spiro atoms. The largest absolute Gasteiger partial charge is 0.472 e. The SMILES string of the molecule is CCCCCCCCCCCCCCCCCCCCCCCCC(=O)OC[C@H](COP(=O)(O)OC[C@@H](O)COP(=O)(O)OC[C@@H](COC(=O)CCCCCCCCC(C)CC)OC(=O)CCCCCCCCCCCCCCCCC(C)C)OC(=O)CCCCCCCCCCCCCCCCCCCCCCCC. The molecule has 111 heavy (non-hydrogen) atoms. The molecule has 0 bridgehead atoms. The summed E-state index contributed by atoms with van der Waals surface area (Å²) in [6, 6.07) is 0. The second-order valence-electron chi connectivity index (χ2n) is 33.8. The van der Waals surface area contributed by atoms with Crippen LogP contribution in [0, 0.1) is 11.8 Å². The van der Waals surface area contributed by atoms with Gasteiger partial charge < -0.3 is 33.8 Å². The normalized spacial score (nSPS) is 14.0. The molecule has 0 heterocycles. The molecule has 660 valence electrons. The second kappa shape index (κ2) is 83.1. The van der Waals surface area contributed by atoms with Crippen LogP contribution in [0.1, 0.15) is 497 Å². The fraction of sp³-hybridized carbons (Fsp3) is 0.957. The van der Waals surface area contributed by atoms with Crippen LogP contribution < -0.4 is 0 Å². The number of phosphoric acid groups is 2. The summed E-state index contributed by atoms with van der Waals surface area (Å²) in [5, 5.41) is 10.7. The molecule has 0 saturated carbocycles. The Labute approximate surface area is 683 Å². The van der Waals surface area contributed by atoms with Crippen molar-refractivity contribution in [2.45, 2.75) is 516 Å². The molecule has 3 unspecified atom stereocenters. The highest BCUT2D eigenvalue weighted by Crippen LogP contribution is 2.45. The highest BCUT2D eigenvalue weighted by Gasteiger charge is 2.31. The van der Waals surface area contributed by atoms with Gasteiger partial charge >= 0.3 is 39.5 Å². The minimum atomic E-state index is -4.97. The van der Waals surface area contributed by atoms with Gasteiger partial charge in [0, 0.05) is 25.7 Å². The monoisotopic (exact) mass is 1620 g/mol. The Morgan fingerprint density at radius 3 is 0.685 bits per heavy atom. The fourth-order valence-electron chi connectivity index (χ4n) is 14.4. The molecule has 0 aromatic carbocycles. The molecule has 0 rings (SSSR count). The predicted octanol–water partition coefficient (Wildman–Crippen LogP) is 28.6. The van der Waals surface area contributed by atoms with Crippen LogP contribution in [0.5, 0.6) is 0 Å². The minimum Gasteiger partial charge on any atom is -0.462 e. The molecular weight excluding hydrogens is 1440 g/mol. The Kier molecular flexibility index (Phi) is 81.7. The Morgan fingerprint density at radius 1 is 0.261 bits per heavy atom. The smallest absolute Gasteiger partial charge is 0.462 e. The maximum atomic E-state index is 13.2. The summed E-state index contributed by atoms with van der Waals surface area (Å²) in [5.74, 6) is -0.573. The van der Waals surface area contributed by atoms with E-state index in [9.17, 15) is 43.2 Å². The van der Waals surface area contributed by atoms with Gasteiger partial charge in [-0.1, -0.05) is 446 Å². The molecule has 0 aromatic rings. The number of aliphatic hydroxyl groups excluding tert-OH is 1. The minimum absolute atomic E-state index is 0.107. The lowest BCUT2D eigenvalue weighted by atomic mass is 10.00. The maximum absolute atomic E-state index is 13.2. The van der Waals surface area contributed by atoms with Crippen LogP contribution in [0.4, 0.5) is 0 Å². The Hall–Kier alpha value is -1.94. The summed E-state index contributed by atoms with van der Waals surface area (Å²) in [4.78, 5) is 73.4. The van der Waals surface area contributed by atoms with E-state index in [-0.39, 0.29) is 25.7 Å².